The van der Waals surface area contributed by atoms with Crippen molar-refractivity contribution in [2.75, 3.05) is 0 Å². The minimum absolute atomic E-state index is 0.299. The molecule has 0 bridgehead atoms. The van der Waals surface area contributed by atoms with E-state index in [0.717, 1.165) is 56.2 Å². The van der Waals surface area contributed by atoms with Crippen LogP contribution in [0.2, 0.25) is 0 Å². The number of aryl methyl sites for hydroxylation is 1. The third-order valence-corrected chi connectivity index (χ3v) is 7.03. The first-order valence-corrected chi connectivity index (χ1v) is 11.9. The van der Waals surface area contributed by atoms with E-state index < -0.39 is 0 Å². The molecular weight excluding hydrogens is 422 g/mol. The first-order valence-electron chi connectivity index (χ1n) is 11.9. The molecule has 0 aliphatic carbocycles. The predicted octanol–water partition coefficient (Wildman–Crippen LogP) is 6.32. The van der Waals surface area contributed by atoms with Gasteiger partial charge in [0.15, 0.2) is 5.69 Å². The number of nitrogens with one attached hydrogen (secondary N) is 1. The van der Waals surface area contributed by atoms with Gasteiger partial charge in [0.05, 0.1) is 18.4 Å². The van der Waals surface area contributed by atoms with Crippen molar-refractivity contribution in [2.45, 2.75) is 40.0 Å². The smallest absolute Gasteiger partial charge is 0.344 e. The van der Waals surface area contributed by atoms with Crippen LogP contribution in [-0.4, -0.2) is 10.7 Å². The molecule has 0 fully saturated rings. The average Bonchev–Trinajstić information content (AvgIpc) is 3.45. The summed E-state index contributed by atoms with van der Waals surface area (Å²) in [6.45, 7) is 8.66. The monoisotopic (exact) mass is 450 g/mol. The van der Waals surface area contributed by atoms with Crippen LogP contribution in [0.1, 0.15) is 51.4 Å². The number of nitrogens with zero attached hydrogens (tertiary/aromatic N) is 2. The highest BCUT2D eigenvalue weighted by atomic mass is 16.4. The maximum atomic E-state index is 13.2. The predicted molar refractivity (Wildman–Crippen MR) is 139 cm³/mol. The third kappa shape index (κ3) is 3.11. The zero-order valence-electron chi connectivity index (χ0n) is 20.2. The largest absolute Gasteiger partial charge is 0.422 e. The summed E-state index contributed by atoms with van der Waals surface area (Å²) in [5, 5.41) is 4.73. The summed E-state index contributed by atoms with van der Waals surface area (Å²) in [6.07, 6.45) is 4.86. The Balaban J connectivity index is 1.54. The molecule has 1 aliphatic heterocycles. The fraction of sp³-hybridized carbons (Fsp3) is 0.276. The molecule has 6 rings (SSSR count). The zero-order chi connectivity index (χ0) is 23.7. The molecule has 0 amide bonds. The van der Waals surface area contributed by atoms with Gasteiger partial charge < -0.3 is 4.42 Å². The molecule has 1 N–H and O–H groups in total. The van der Waals surface area contributed by atoms with Crippen LogP contribution in [0.4, 0.5) is 0 Å². The molecule has 170 valence electrons. The summed E-state index contributed by atoms with van der Waals surface area (Å²) >= 11 is 0. The van der Waals surface area contributed by atoms with Crippen molar-refractivity contribution in [1.82, 2.24) is 4.98 Å². The van der Waals surface area contributed by atoms with Gasteiger partial charge in [-0.25, -0.2) is 14.3 Å². The zero-order valence-corrected chi connectivity index (χ0v) is 20.2. The highest BCUT2D eigenvalue weighted by molar-refractivity contribution is 6.22. The van der Waals surface area contributed by atoms with Crippen LogP contribution >= 0.6 is 0 Å². The normalized spacial score (nSPS) is 14.3. The van der Waals surface area contributed by atoms with E-state index in [1.807, 2.05) is 25.4 Å². The van der Waals surface area contributed by atoms with Crippen LogP contribution in [0.3, 0.4) is 0 Å². The Kier molecular flexibility index (Phi) is 4.53. The molecule has 2 aromatic heterocycles. The van der Waals surface area contributed by atoms with Crippen LogP contribution in [0, 0.1) is 5.92 Å². The van der Waals surface area contributed by atoms with Crippen molar-refractivity contribution in [3.63, 3.8) is 0 Å². The number of aliphatic imine (C=N–C) groups is 1. The Morgan fingerprint density at radius 3 is 2.38 bits per heavy atom. The van der Waals surface area contributed by atoms with Gasteiger partial charge in [-0.05, 0) is 52.1 Å². The van der Waals surface area contributed by atoms with E-state index in [1.54, 1.807) is 0 Å². The first-order chi connectivity index (χ1) is 16.3. The van der Waals surface area contributed by atoms with Gasteiger partial charge in [-0.1, -0.05) is 39.8 Å². The molecule has 5 heteroatoms. The van der Waals surface area contributed by atoms with Gasteiger partial charge in [-0.15, -0.1) is 0 Å². The van der Waals surface area contributed by atoms with E-state index in [2.05, 4.69) is 72.7 Å². The van der Waals surface area contributed by atoms with Crippen LogP contribution < -0.4 is 10.2 Å². The van der Waals surface area contributed by atoms with E-state index in [1.165, 1.54) is 5.71 Å². The number of rotatable bonds is 4. The summed E-state index contributed by atoms with van der Waals surface area (Å²) < 4.78 is 8.03. The summed E-state index contributed by atoms with van der Waals surface area (Å²) in [6, 6.07) is 12.6. The second-order valence-corrected chi connectivity index (χ2v) is 10.1. The molecule has 0 atom stereocenters. The summed E-state index contributed by atoms with van der Waals surface area (Å²) in [5.74, 6) is 1.95. The van der Waals surface area contributed by atoms with Crippen LogP contribution in [0.5, 0.6) is 0 Å². The van der Waals surface area contributed by atoms with E-state index in [-0.39, 0.29) is 5.63 Å². The molecule has 3 aromatic carbocycles. The molecule has 5 nitrogen and oxygen atoms in total. The standard InChI is InChI=1S/C29H27N3O2/c1-15(2)23-11-21(13-30-23)19-8-17-6-7-18-9-20(24-14-32(5)28(31-24)16(3)4)12-25-27(18)26(17)22(10-19)29(33)34-25/h6-10,12-16H,11H2,1-5H3/p+1. The SMILES string of the molecule is CC(C)C1=NC=C(c2cc3ccc4cc(-c5c[n+](C)c(C(C)C)[nH]5)cc5oc(=O)c(c2)c3c45)C1. The summed E-state index contributed by atoms with van der Waals surface area (Å²) in [4.78, 5) is 21.3. The highest BCUT2D eigenvalue weighted by Crippen LogP contribution is 2.38. The second-order valence-electron chi connectivity index (χ2n) is 10.1. The lowest BCUT2D eigenvalue weighted by molar-refractivity contribution is -0.678. The Hall–Kier alpha value is -3.73. The Morgan fingerprint density at radius 2 is 1.71 bits per heavy atom. The quantitative estimate of drug-likeness (QED) is 0.198. The van der Waals surface area contributed by atoms with Crippen LogP contribution in [-0.2, 0) is 7.05 Å². The number of hydrogen-bond donors (Lipinski definition) is 1. The van der Waals surface area contributed by atoms with E-state index in [4.69, 9.17) is 4.42 Å². The number of benzene rings is 3. The molecule has 0 spiro atoms. The van der Waals surface area contributed by atoms with Crippen LogP contribution in [0.15, 0.2) is 63.0 Å². The number of H-pyrrole nitrogens is 1. The van der Waals surface area contributed by atoms with Gasteiger partial charge in [-0.3, -0.25) is 4.99 Å². The second kappa shape index (κ2) is 7.39. The van der Waals surface area contributed by atoms with Gasteiger partial charge in [0.1, 0.15) is 11.8 Å². The van der Waals surface area contributed by atoms with E-state index in [0.29, 0.717) is 22.8 Å². The van der Waals surface area contributed by atoms with Crippen LogP contribution in [0.25, 0.3) is 49.3 Å². The number of aromatic nitrogens is 2. The first kappa shape index (κ1) is 20.8. The molecule has 3 heterocycles. The van der Waals surface area contributed by atoms with E-state index >= 15 is 0 Å². The van der Waals surface area contributed by atoms with Crippen molar-refractivity contribution < 1.29 is 8.98 Å². The topological polar surface area (TPSA) is 62.2 Å². The minimum atomic E-state index is -0.299. The number of allylic oxidation sites excluding steroid dienone is 1. The summed E-state index contributed by atoms with van der Waals surface area (Å²) in [5.41, 5.74) is 5.71. The van der Waals surface area contributed by atoms with Crippen molar-refractivity contribution in [1.29, 1.82) is 0 Å². The third-order valence-electron chi connectivity index (χ3n) is 7.03. The molecule has 0 radical (unpaired) electrons. The van der Waals surface area contributed by atoms with Crippen molar-refractivity contribution in [3.05, 3.63) is 70.6 Å². The maximum Gasteiger partial charge on any atom is 0.344 e. The Bertz CT molecular complexity index is 1710. The summed E-state index contributed by atoms with van der Waals surface area (Å²) in [7, 11) is 2.05. The van der Waals surface area contributed by atoms with Gasteiger partial charge in [0.2, 0.25) is 0 Å². The molecular formula is C29H28N3O2+. The van der Waals surface area contributed by atoms with Crippen molar-refractivity contribution >= 4 is 43.8 Å². The van der Waals surface area contributed by atoms with Gasteiger partial charge in [0, 0.05) is 34.7 Å². The maximum absolute atomic E-state index is 13.2. The Labute approximate surface area is 197 Å². The molecule has 34 heavy (non-hydrogen) atoms. The Morgan fingerprint density at radius 1 is 0.971 bits per heavy atom. The molecule has 5 aromatic rings. The van der Waals surface area contributed by atoms with Crippen molar-refractivity contribution in [3.8, 4) is 11.3 Å². The fourth-order valence-corrected chi connectivity index (χ4v) is 5.22. The average molecular weight is 451 g/mol. The van der Waals surface area contributed by atoms with Gasteiger partial charge in [0.25, 0.3) is 5.82 Å². The lowest BCUT2D eigenvalue weighted by Crippen LogP contribution is -2.31. The molecule has 1 aliphatic rings. The number of aromatic amines is 1. The van der Waals surface area contributed by atoms with Crippen molar-refractivity contribution in [2.24, 2.45) is 18.0 Å². The lowest BCUT2D eigenvalue weighted by atomic mass is 9.91. The number of imidazole rings is 1. The fourth-order valence-electron chi connectivity index (χ4n) is 5.22. The highest BCUT2D eigenvalue weighted by Gasteiger charge is 2.22. The molecule has 0 saturated carbocycles. The number of hydrogen-bond acceptors (Lipinski definition) is 3. The molecule has 0 saturated heterocycles. The molecule has 0 unspecified atom stereocenters. The minimum Gasteiger partial charge on any atom is -0.422 e. The van der Waals surface area contributed by atoms with Gasteiger partial charge in [-0.2, -0.15) is 0 Å². The lowest BCUT2D eigenvalue weighted by Gasteiger charge is -2.13. The van der Waals surface area contributed by atoms with E-state index in [9.17, 15) is 4.79 Å². The van der Waals surface area contributed by atoms with Gasteiger partial charge >= 0.3 is 5.63 Å².